The number of aliphatic hydroxyl groups excluding tert-OH is 1. The van der Waals surface area contributed by atoms with Crippen molar-refractivity contribution in [1.82, 2.24) is 5.32 Å². The summed E-state index contributed by atoms with van der Waals surface area (Å²) in [6, 6.07) is 13.2. The normalized spacial score (nSPS) is 10.5. The molecule has 0 heterocycles. The predicted molar refractivity (Wildman–Crippen MR) is 98.2 cm³/mol. The van der Waals surface area contributed by atoms with Gasteiger partial charge in [-0.15, -0.1) is 0 Å². The van der Waals surface area contributed by atoms with Gasteiger partial charge in [-0.2, -0.15) is 0 Å². The highest BCUT2D eigenvalue weighted by atomic mass is 79.9. The van der Waals surface area contributed by atoms with E-state index >= 15 is 0 Å². The van der Waals surface area contributed by atoms with Crippen molar-refractivity contribution in [2.45, 2.75) is 13.5 Å². The predicted octanol–water partition coefficient (Wildman–Crippen LogP) is 2.86. The molecule has 0 atom stereocenters. The fourth-order valence-electron chi connectivity index (χ4n) is 2.11. The van der Waals surface area contributed by atoms with E-state index in [1.165, 1.54) is 0 Å². The molecule has 128 valence electrons. The molecule has 24 heavy (non-hydrogen) atoms. The van der Waals surface area contributed by atoms with Gasteiger partial charge in [0.2, 0.25) is 0 Å². The van der Waals surface area contributed by atoms with Gasteiger partial charge in [0.05, 0.1) is 6.61 Å². The van der Waals surface area contributed by atoms with Gasteiger partial charge in [-0.1, -0.05) is 33.6 Å². The standard InChI is InChI=1S/C18H21BrN2O3/c1-13-2-5-16(6-3-13)21-18(23)12-24-17-7-4-15(19)10-14(17)11-20-8-9-22/h2-7,10,20,22H,8-9,11-12H2,1H3,(H,21,23). The van der Waals surface area contributed by atoms with Crippen LogP contribution in [0.3, 0.4) is 0 Å². The van der Waals surface area contributed by atoms with E-state index < -0.39 is 0 Å². The lowest BCUT2D eigenvalue weighted by molar-refractivity contribution is -0.118. The maximum absolute atomic E-state index is 12.0. The van der Waals surface area contributed by atoms with Gasteiger partial charge in [0.15, 0.2) is 6.61 Å². The summed E-state index contributed by atoms with van der Waals surface area (Å²) in [5.41, 5.74) is 2.80. The van der Waals surface area contributed by atoms with Crippen molar-refractivity contribution < 1.29 is 14.6 Å². The van der Waals surface area contributed by atoms with E-state index in [0.29, 0.717) is 18.8 Å². The quantitative estimate of drug-likeness (QED) is 0.604. The number of aryl methyl sites for hydroxylation is 1. The van der Waals surface area contributed by atoms with Gasteiger partial charge in [0, 0.05) is 28.8 Å². The lowest BCUT2D eigenvalue weighted by atomic mass is 10.2. The van der Waals surface area contributed by atoms with Crippen molar-refractivity contribution >= 4 is 27.5 Å². The highest BCUT2D eigenvalue weighted by molar-refractivity contribution is 9.10. The third-order valence-corrected chi connectivity index (χ3v) is 3.81. The number of amides is 1. The van der Waals surface area contributed by atoms with E-state index in [1.54, 1.807) is 0 Å². The first-order chi connectivity index (χ1) is 11.6. The molecule has 6 heteroatoms. The van der Waals surface area contributed by atoms with Crippen molar-refractivity contribution in [3.63, 3.8) is 0 Å². The molecule has 0 saturated carbocycles. The summed E-state index contributed by atoms with van der Waals surface area (Å²) >= 11 is 3.42. The number of carbonyl (C=O) groups is 1. The van der Waals surface area contributed by atoms with Gasteiger partial charge < -0.3 is 20.5 Å². The molecule has 0 aromatic heterocycles. The smallest absolute Gasteiger partial charge is 0.262 e. The topological polar surface area (TPSA) is 70.6 Å². The summed E-state index contributed by atoms with van der Waals surface area (Å²) in [5.74, 6) is 0.429. The minimum Gasteiger partial charge on any atom is -0.483 e. The average molecular weight is 393 g/mol. The van der Waals surface area contributed by atoms with Crippen LogP contribution >= 0.6 is 15.9 Å². The number of aliphatic hydroxyl groups is 1. The first-order valence-corrected chi connectivity index (χ1v) is 8.47. The molecule has 0 aliphatic heterocycles. The van der Waals surface area contributed by atoms with E-state index in [-0.39, 0.29) is 19.1 Å². The molecule has 0 unspecified atom stereocenters. The summed E-state index contributed by atoms with van der Waals surface area (Å²) in [4.78, 5) is 12.0. The molecule has 3 N–H and O–H groups in total. The molecule has 0 spiro atoms. The zero-order valence-electron chi connectivity index (χ0n) is 13.5. The maximum Gasteiger partial charge on any atom is 0.262 e. The van der Waals surface area contributed by atoms with E-state index in [2.05, 4.69) is 26.6 Å². The van der Waals surface area contributed by atoms with Gasteiger partial charge in [-0.3, -0.25) is 4.79 Å². The van der Waals surface area contributed by atoms with Crippen molar-refractivity contribution in [2.75, 3.05) is 25.1 Å². The van der Waals surface area contributed by atoms with Crippen LogP contribution in [0.25, 0.3) is 0 Å². The number of carbonyl (C=O) groups excluding carboxylic acids is 1. The van der Waals surface area contributed by atoms with Crippen LogP contribution < -0.4 is 15.4 Å². The third kappa shape index (κ3) is 5.96. The fourth-order valence-corrected chi connectivity index (χ4v) is 2.51. The Hall–Kier alpha value is -1.89. The van der Waals surface area contributed by atoms with Crippen LogP contribution in [0.1, 0.15) is 11.1 Å². The Morgan fingerprint density at radius 2 is 1.96 bits per heavy atom. The van der Waals surface area contributed by atoms with E-state index in [1.807, 2.05) is 49.4 Å². The van der Waals surface area contributed by atoms with E-state index in [9.17, 15) is 4.79 Å². The molecule has 2 aromatic rings. The maximum atomic E-state index is 12.0. The number of hydrogen-bond donors (Lipinski definition) is 3. The Labute approximate surface area is 150 Å². The molecule has 0 saturated heterocycles. The van der Waals surface area contributed by atoms with E-state index in [0.717, 1.165) is 21.3 Å². The summed E-state index contributed by atoms with van der Waals surface area (Å²) in [5, 5.41) is 14.7. The first kappa shape index (κ1) is 18.4. The summed E-state index contributed by atoms with van der Waals surface area (Å²) in [7, 11) is 0. The second-order valence-corrected chi connectivity index (χ2v) is 6.27. The lowest BCUT2D eigenvalue weighted by Crippen LogP contribution is -2.22. The number of hydrogen-bond acceptors (Lipinski definition) is 4. The second-order valence-electron chi connectivity index (χ2n) is 5.36. The summed E-state index contributed by atoms with van der Waals surface area (Å²) in [6.45, 7) is 3.05. The number of benzene rings is 2. The minimum atomic E-state index is -0.212. The second kappa shape index (κ2) is 9.42. The SMILES string of the molecule is Cc1ccc(NC(=O)COc2ccc(Br)cc2CNCCO)cc1. The Bertz CT molecular complexity index is 674. The summed E-state index contributed by atoms with van der Waals surface area (Å²) in [6.07, 6.45) is 0. The van der Waals surface area contributed by atoms with Crippen LogP contribution in [-0.2, 0) is 11.3 Å². The Morgan fingerprint density at radius 1 is 1.21 bits per heavy atom. The van der Waals surface area contributed by atoms with Gasteiger partial charge in [0.1, 0.15) is 5.75 Å². The van der Waals surface area contributed by atoms with Crippen LogP contribution in [0.5, 0.6) is 5.75 Å². The van der Waals surface area contributed by atoms with Gasteiger partial charge in [-0.05, 0) is 37.3 Å². The average Bonchev–Trinajstić information content (AvgIpc) is 2.56. The van der Waals surface area contributed by atoms with Crippen molar-refractivity contribution in [2.24, 2.45) is 0 Å². The van der Waals surface area contributed by atoms with Crippen LogP contribution in [0, 0.1) is 6.92 Å². The molecule has 0 aliphatic carbocycles. The molecular weight excluding hydrogens is 372 g/mol. The Balaban J connectivity index is 1.92. The molecule has 1 amide bonds. The summed E-state index contributed by atoms with van der Waals surface area (Å²) < 4.78 is 6.58. The van der Waals surface area contributed by atoms with Crippen LogP contribution in [0.15, 0.2) is 46.9 Å². The Kier molecular flexibility index (Phi) is 7.24. The molecule has 0 fully saturated rings. The number of ether oxygens (including phenoxy) is 1. The van der Waals surface area contributed by atoms with Crippen LogP contribution in [0.2, 0.25) is 0 Å². The van der Waals surface area contributed by atoms with Gasteiger partial charge in [0.25, 0.3) is 5.91 Å². The number of nitrogens with one attached hydrogen (secondary N) is 2. The molecule has 2 aromatic carbocycles. The van der Waals surface area contributed by atoms with Gasteiger partial charge in [-0.25, -0.2) is 0 Å². The van der Waals surface area contributed by atoms with Crippen molar-refractivity contribution in [1.29, 1.82) is 0 Å². The van der Waals surface area contributed by atoms with Crippen molar-refractivity contribution in [3.8, 4) is 5.75 Å². The lowest BCUT2D eigenvalue weighted by Gasteiger charge is -2.13. The molecule has 0 aliphatic rings. The number of anilines is 1. The highest BCUT2D eigenvalue weighted by Gasteiger charge is 2.08. The third-order valence-electron chi connectivity index (χ3n) is 3.32. The van der Waals surface area contributed by atoms with Crippen LogP contribution in [0.4, 0.5) is 5.69 Å². The monoisotopic (exact) mass is 392 g/mol. The highest BCUT2D eigenvalue weighted by Crippen LogP contribution is 2.23. The minimum absolute atomic E-state index is 0.0670. The van der Waals surface area contributed by atoms with E-state index in [4.69, 9.17) is 9.84 Å². The van der Waals surface area contributed by atoms with Crippen LogP contribution in [-0.4, -0.2) is 30.8 Å². The Morgan fingerprint density at radius 3 is 2.67 bits per heavy atom. The zero-order chi connectivity index (χ0) is 17.4. The molecular formula is C18H21BrN2O3. The number of halogens is 1. The largest absolute Gasteiger partial charge is 0.483 e. The van der Waals surface area contributed by atoms with Crippen molar-refractivity contribution in [3.05, 3.63) is 58.1 Å². The van der Waals surface area contributed by atoms with Gasteiger partial charge >= 0.3 is 0 Å². The molecule has 0 bridgehead atoms. The number of rotatable bonds is 8. The molecule has 2 rings (SSSR count). The molecule has 5 nitrogen and oxygen atoms in total. The first-order valence-electron chi connectivity index (χ1n) is 7.68. The molecule has 0 radical (unpaired) electrons. The zero-order valence-corrected chi connectivity index (χ0v) is 15.1. The fraction of sp³-hybridized carbons (Fsp3) is 0.278.